The average molecular weight is 538 g/mol. The van der Waals surface area contributed by atoms with Gasteiger partial charge < -0.3 is 14.4 Å². The molecule has 10 heteroatoms. The number of aromatic nitrogens is 2. The fraction of sp³-hybridized carbons (Fsp3) is 0.207. The molecular weight excluding hydrogens is 514 g/mol. The van der Waals surface area contributed by atoms with Crippen LogP contribution in [0.15, 0.2) is 73.1 Å². The Kier molecular flexibility index (Phi) is 7.19. The molecule has 0 atom stereocenters. The number of nitrogens with zero attached hydrogens (tertiary/aromatic N) is 3. The van der Waals surface area contributed by atoms with Crippen LogP contribution in [0, 0.1) is 5.82 Å². The summed E-state index contributed by atoms with van der Waals surface area (Å²) in [4.78, 5) is 23.9. The largest absolute Gasteiger partial charge is 0.497 e. The summed E-state index contributed by atoms with van der Waals surface area (Å²) in [6.45, 7) is 0.849. The predicted octanol–water partition coefficient (Wildman–Crippen LogP) is 6.09. The number of fused-ring (bicyclic) bond motifs is 1. The van der Waals surface area contributed by atoms with Gasteiger partial charge in [0.25, 0.3) is 5.91 Å². The third-order valence-electron chi connectivity index (χ3n) is 6.41. The minimum Gasteiger partial charge on any atom is -0.497 e. The lowest BCUT2D eigenvalue weighted by Crippen LogP contribution is -2.37. The van der Waals surface area contributed by atoms with Gasteiger partial charge in [-0.2, -0.15) is 13.2 Å². The first kappa shape index (κ1) is 26.1. The number of halogens is 4. The van der Waals surface area contributed by atoms with Gasteiger partial charge in [-0.3, -0.25) is 14.8 Å². The quantitative estimate of drug-likeness (QED) is 0.267. The lowest BCUT2D eigenvalue weighted by Gasteiger charge is -2.29. The second-order valence-corrected chi connectivity index (χ2v) is 9.02. The Morgan fingerprint density at radius 1 is 0.923 bits per heavy atom. The molecule has 0 unspecified atom stereocenters. The fourth-order valence-electron chi connectivity index (χ4n) is 4.46. The number of rotatable bonds is 7. The zero-order valence-electron chi connectivity index (χ0n) is 20.8. The van der Waals surface area contributed by atoms with Crippen LogP contribution < -0.4 is 9.47 Å². The van der Waals surface area contributed by atoms with E-state index in [0.717, 1.165) is 29.0 Å². The molecule has 6 nitrogen and oxygen atoms in total. The monoisotopic (exact) mass is 537 g/mol. The number of ether oxygens (including phenoxy) is 2. The molecule has 0 bridgehead atoms. The van der Waals surface area contributed by atoms with E-state index in [1.54, 1.807) is 36.4 Å². The Labute approximate surface area is 221 Å². The summed E-state index contributed by atoms with van der Waals surface area (Å²) in [7, 11) is 1.60. The van der Waals surface area contributed by atoms with Crippen LogP contribution >= 0.6 is 0 Å². The minimum atomic E-state index is -4.69. The van der Waals surface area contributed by atoms with Gasteiger partial charge >= 0.3 is 6.18 Å². The maximum atomic E-state index is 13.7. The number of alkyl halides is 3. The fourth-order valence-corrected chi connectivity index (χ4v) is 4.46. The molecule has 2 aromatic heterocycles. The molecule has 4 aromatic rings. The van der Waals surface area contributed by atoms with Crippen LogP contribution in [0.3, 0.4) is 0 Å². The maximum Gasteiger partial charge on any atom is 0.416 e. The molecular formula is C29H23F4N3O3. The van der Waals surface area contributed by atoms with Crippen molar-refractivity contribution >= 4 is 5.91 Å². The first-order valence-electron chi connectivity index (χ1n) is 12.1. The molecule has 0 radical (unpaired) electrons. The molecule has 39 heavy (non-hydrogen) atoms. The molecule has 0 fully saturated rings. The molecule has 0 saturated heterocycles. The van der Waals surface area contributed by atoms with Gasteiger partial charge in [0.05, 0.1) is 24.1 Å². The highest BCUT2D eigenvalue weighted by Gasteiger charge is 2.32. The highest BCUT2D eigenvalue weighted by atomic mass is 19.4. The number of hydrogen-bond donors (Lipinski definition) is 0. The van der Waals surface area contributed by atoms with Gasteiger partial charge in [0.1, 0.15) is 23.9 Å². The zero-order valence-corrected chi connectivity index (χ0v) is 20.8. The zero-order chi connectivity index (χ0) is 27.6. The van der Waals surface area contributed by atoms with Gasteiger partial charge in [-0.05, 0) is 65.6 Å². The topological polar surface area (TPSA) is 64.6 Å². The number of benzene rings is 2. The smallest absolute Gasteiger partial charge is 0.416 e. The number of carbonyl (C=O) groups is 1. The summed E-state index contributed by atoms with van der Waals surface area (Å²) < 4.78 is 63.4. The number of pyridine rings is 2. The van der Waals surface area contributed by atoms with Crippen LogP contribution in [-0.4, -0.2) is 34.4 Å². The van der Waals surface area contributed by atoms with Crippen molar-refractivity contribution in [2.45, 2.75) is 25.7 Å². The normalized spacial score (nSPS) is 13.3. The Morgan fingerprint density at radius 2 is 1.69 bits per heavy atom. The van der Waals surface area contributed by atoms with E-state index in [-0.39, 0.29) is 18.3 Å². The van der Waals surface area contributed by atoms with Crippen LogP contribution in [0.4, 0.5) is 17.6 Å². The predicted molar refractivity (Wildman–Crippen MR) is 135 cm³/mol. The van der Waals surface area contributed by atoms with Crippen LogP contribution in [0.2, 0.25) is 0 Å². The summed E-state index contributed by atoms with van der Waals surface area (Å²) in [5.41, 5.74) is 2.83. The van der Waals surface area contributed by atoms with Crippen LogP contribution in [-0.2, 0) is 25.7 Å². The molecule has 3 heterocycles. The highest BCUT2D eigenvalue weighted by molar-refractivity contribution is 5.98. The Hall–Kier alpha value is -4.47. The van der Waals surface area contributed by atoms with Crippen molar-refractivity contribution in [2.75, 3.05) is 13.7 Å². The first-order valence-corrected chi connectivity index (χ1v) is 12.1. The highest BCUT2D eigenvalue weighted by Crippen LogP contribution is 2.33. The van der Waals surface area contributed by atoms with Gasteiger partial charge in [-0.1, -0.05) is 12.1 Å². The van der Waals surface area contributed by atoms with Gasteiger partial charge in [-0.15, -0.1) is 0 Å². The van der Waals surface area contributed by atoms with Crippen LogP contribution in [0.1, 0.15) is 32.6 Å². The second-order valence-electron chi connectivity index (χ2n) is 9.02. The van der Waals surface area contributed by atoms with Gasteiger partial charge in [0.2, 0.25) is 0 Å². The van der Waals surface area contributed by atoms with Crippen molar-refractivity contribution in [3.8, 4) is 22.9 Å². The summed E-state index contributed by atoms with van der Waals surface area (Å²) >= 11 is 0. The molecule has 5 rings (SSSR count). The van der Waals surface area contributed by atoms with Crippen molar-refractivity contribution in [2.24, 2.45) is 0 Å². The number of hydrogen-bond acceptors (Lipinski definition) is 5. The average Bonchev–Trinajstić information content (AvgIpc) is 2.93. The van der Waals surface area contributed by atoms with E-state index in [1.165, 1.54) is 6.20 Å². The van der Waals surface area contributed by atoms with Crippen molar-refractivity contribution in [1.29, 1.82) is 0 Å². The van der Waals surface area contributed by atoms with Crippen molar-refractivity contribution in [3.05, 3.63) is 107 Å². The molecule has 200 valence electrons. The number of methoxy groups -OCH3 is 1. The van der Waals surface area contributed by atoms with Gasteiger partial charge in [0, 0.05) is 37.1 Å². The maximum absolute atomic E-state index is 13.7. The Morgan fingerprint density at radius 3 is 2.44 bits per heavy atom. The van der Waals surface area contributed by atoms with Crippen molar-refractivity contribution < 1.29 is 31.8 Å². The third-order valence-corrected chi connectivity index (χ3v) is 6.41. The van der Waals surface area contributed by atoms with E-state index in [0.29, 0.717) is 48.1 Å². The van der Waals surface area contributed by atoms with E-state index in [1.807, 2.05) is 24.3 Å². The number of carbonyl (C=O) groups excluding carboxylic acids is 1. The molecule has 0 aliphatic carbocycles. The third kappa shape index (κ3) is 5.84. The van der Waals surface area contributed by atoms with Crippen molar-refractivity contribution in [1.82, 2.24) is 14.9 Å². The molecule has 1 aliphatic rings. The Balaban J connectivity index is 1.34. The summed E-state index contributed by atoms with van der Waals surface area (Å²) in [6, 6.07) is 14.6. The standard InChI is InChI=1S/C29H23F4N3O3/c1-38-22-4-2-18(3-5-22)16-36-11-8-24-25(28(36)37)7-10-35-27(24)26-12-19(6-9-34-26)17-39-23-14-20(29(31,32)33)13-21(30)15-23/h2-7,9-10,12-15H,8,11,16-17H2,1H3. The second kappa shape index (κ2) is 10.7. The van der Waals surface area contributed by atoms with E-state index in [9.17, 15) is 22.4 Å². The lowest BCUT2D eigenvalue weighted by atomic mass is 9.95. The van der Waals surface area contributed by atoms with E-state index < -0.39 is 17.6 Å². The molecule has 2 aromatic carbocycles. The number of amides is 1. The summed E-state index contributed by atoms with van der Waals surface area (Å²) in [5, 5.41) is 0. The van der Waals surface area contributed by atoms with E-state index in [2.05, 4.69) is 9.97 Å². The van der Waals surface area contributed by atoms with Gasteiger partial charge in [0.15, 0.2) is 0 Å². The first-order chi connectivity index (χ1) is 18.7. The molecule has 0 saturated carbocycles. The van der Waals surface area contributed by atoms with Crippen molar-refractivity contribution in [3.63, 3.8) is 0 Å². The van der Waals surface area contributed by atoms with Gasteiger partial charge in [-0.25, -0.2) is 4.39 Å². The lowest BCUT2D eigenvalue weighted by molar-refractivity contribution is -0.137. The SMILES string of the molecule is COc1ccc(CN2CCc3c(ccnc3-c3cc(COc4cc(F)cc(C(F)(F)F)c4)ccn3)C2=O)cc1. The molecule has 1 aliphatic heterocycles. The molecule has 0 N–H and O–H groups in total. The molecule has 1 amide bonds. The van der Waals surface area contributed by atoms with Crippen LogP contribution in [0.5, 0.6) is 11.5 Å². The molecule has 0 spiro atoms. The Bertz CT molecular complexity index is 1510. The van der Waals surface area contributed by atoms with E-state index >= 15 is 0 Å². The summed E-state index contributed by atoms with van der Waals surface area (Å²) in [6.07, 6.45) is -1.03. The minimum absolute atomic E-state index is 0.109. The van der Waals surface area contributed by atoms with Crippen LogP contribution in [0.25, 0.3) is 11.4 Å². The van der Waals surface area contributed by atoms with E-state index in [4.69, 9.17) is 9.47 Å². The summed E-state index contributed by atoms with van der Waals surface area (Å²) in [5.74, 6) is -0.645.